The molecule has 0 aliphatic rings. The van der Waals surface area contributed by atoms with E-state index < -0.39 is 0 Å². The molecule has 0 aliphatic carbocycles. The van der Waals surface area contributed by atoms with Crippen molar-refractivity contribution in [3.8, 4) is 11.3 Å². The van der Waals surface area contributed by atoms with Gasteiger partial charge >= 0.3 is 0 Å². The summed E-state index contributed by atoms with van der Waals surface area (Å²) in [6, 6.07) is 4.27. The standard InChI is InChI=1S/C14H19N3/c1-8-6-7-12(10(3)9(8)2)13-11(4)14(15)17(5)16-13/h6-7H,15H2,1-5H3. The van der Waals surface area contributed by atoms with Gasteiger partial charge in [0.15, 0.2) is 0 Å². The van der Waals surface area contributed by atoms with Crippen molar-refractivity contribution < 1.29 is 0 Å². The number of hydrogen-bond donors (Lipinski definition) is 1. The second-order valence-corrected chi connectivity index (χ2v) is 4.66. The van der Waals surface area contributed by atoms with Crippen LogP contribution >= 0.6 is 0 Å². The zero-order chi connectivity index (χ0) is 12.7. The summed E-state index contributed by atoms with van der Waals surface area (Å²) in [6.07, 6.45) is 0. The highest BCUT2D eigenvalue weighted by molar-refractivity contribution is 5.72. The van der Waals surface area contributed by atoms with Gasteiger partial charge in [-0.25, -0.2) is 0 Å². The van der Waals surface area contributed by atoms with Crippen LogP contribution in [0.4, 0.5) is 5.82 Å². The van der Waals surface area contributed by atoms with E-state index in [9.17, 15) is 0 Å². The van der Waals surface area contributed by atoms with E-state index in [1.807, 2.05) is 14.0 Å². The fraction of sp³-hybridized carbons (Fsp3) is 0.357. The van der Waals surface area contributed by atoms with E-state index in [1.54, 1.807) is 4.68 Å². The predicted octanol–water partition coefficient (Wildman–Crippen LogP) is 2.90. The molecular weight excluding hydrogens is 210 g/mol. The van der Waals surface area contributed by atoms with Crippen molar-refractivity contribution in [2.75, 3.05) is 5.73 Å². The van der Waals surface area contributed by atoms with E-state index >= 15 is 0 Å². The van der Waals surface area contributed by atoms with Crippen LogP contribution in [0.2, 0.25) is 0 Å². The molecule has 2 N–H and O–H groups in total. The van der Waals surface area contributed by atoms with Crippen molar-refractivity contribution in [1.82, 2.24) is 9.78 Å². The van der Waals surface area contributed by atoms with Crippen LogP contribution in [0.15, 0.2) is 12.1 Å². The van der Waals surface area contributed by atoms with E-state index in [0.717, 1.165) is 17.1 Å². The van der Waals surface area contributed by atoms with Crippen LogP contribution in [-0.4, -0.2) is 9.78 Å². The largest absolute Gasteiger partial charge is 0.384 e. The van der Waals surface area contributed by atoms with E-state index in [1.165, 1.54) is 22.3 Å². The van der Waals surface area contributed by atoms with Gasteiger partial charge < -0.3 is 5.73 Å². The van der Waals surface area contributed by atoms with Crippen molar-refractivity contribution in [1.29, 1.82) is 0 Å². The van der Waals surface area contributed by atoms with Gasteiger partial charge in [0, 0.05) is 18.2 Å². The normalized spacial score (nSPS) is 10.9. The second-order valence-electron chi connectivity index (χ2n) is 4.66. The molecule has 2 rings (SSSR count). The van der Waals surface area contributed by atoms with Crippen molar-refractivity contribution in [3.05, 3.63) is 34.4 Å². The molecule has 0 amide bonds. The molecule has 0 unspecified atom stereocenters. The molecular formula is C14H19N3. The number of rotatable bonds is 1. The highest BCUT2D eigenvalue weighted by Gasteiger charge is 2.14. The number of anilines is 1. The summed E-state index contributed by atoms with van der Waals surface area (Å²) in [5.74, 6) is 0.734. The summed E-state index contributed by atoms with van der Waals surface area (Å²) < 4.78 is 1.74. The second kappa shape index (κ2) is 3.91. The first-order valence-corrected chi connectivity index (χ1v) is 5.79. The highest BCUT2D eigenvalue weighted by atomic mass is 15.3. The lowest BCUT2D eigenvalue weighted by atomic mass is 9.96. The van der Waals surface area contributed by atoms with E-state index in [0.29, 0.717) is 0 Å². The molecule has 0 saturated heterocycles. The molecule has 0 spiro atoms. The van der Waals surface area contributed by atoms with Gasteiger partial charge in [-0.1, -0.05) is 12.1 Å². The van der Waals surface area contributed by atoms with Crippen LogP contribution in [0.25, 0.3) is 11.3 Å². The monoisotopic (exact) mass is 229 g/mol. The van der Waals surface area contributed by atoms with Gasteiger partial charge in [-0.3, -0.25) is 4.68 Å². The van der Waals surface area contributed by atoms with Crippen LogP contribution in [-0.2, 0) is 7.05 Å². The molecule has 0 bridgehead atoms. The van der Waals surface area contributed by atoms with Crippen LogP contribution in [0.1, 0.15) is 22.3 Å². The maximum absolute atomic E-state index is 5.96. The van der Waals surface area contributed by atoms with Crippen molar-refractivity contribution in [2.24, 2.45) is 7.05 Å². The predicted molar refractivity (Wildman–Crippen MR) is 72.0 cm³/mol. The summed E-state index contributed by atoms with van der Waals surface area (Å²) in [5, 5.41) is 4.50. The third-order valence-corrected chi connectivity index (χ3v) is 3.65. The Balaban J connectivity index is 2.69. The summed E-state index contributed by atoms with van der Waals surface area (Å²) in [4.78, 5) is 0. The molecule has 17 heavy (non-hydrogen) atoms. The number of benzene rings is 1. The zero-order valence-corrected chi connectivity index (χ0v) is 11.1. The van der Waals surface area contributed by atoms with Crippen molar-refractivity contribution >= 4 is 5.82 Å². The number of nitrogens with two attached hydrogens (primary N) is 1. The quantitative estimate of drug-likeness (QED) is 0.817. The Morgan fingerprint density at radius 3 is 2.18 bits per heavy atom. The molecule has 1 aromatic carbocycles. The van der Waals surface area contributed by atoms with Crippen LogP contribution in [0.3, 0.4) is 0 Å². The van der Waals surface area contributed by atoms with Crippen molar-refractivity contribution in [3.63, 3.8) is 0 Å². The third kappa shape index (κ3) is 1.71. The number of aryl methyl sites for hydroxylation is 2. The molecule has 3 nitrogen and oxygen atoms in total. The molecule has 90 valence electrons. The molecule has 0 radical (unpaired) electrons. The lowest BCUT2D eigenvalue weighted by Gasteiger charge is -2.09. The molecule has 0 saturated carbocycles. The van der Waals surface area contributed by atoms with Gasteiger partial charge in [0.25, 0.3) is 0 Å². The van der Waals surface area contributed by atoms with Crippen LogP contribution < -0.4 is 5.73 Å². The number of nitrogen functional groups attached to an aromatic ring is 1. The fourth-order valence-corrected chi connectivity index (χ4v) is 2.11. The van der Waals surface area contributed by atoms with Crippen LogP contribution in [0, 0.1) is 27.7 Å². The number of aromatic nitrogens is 2. The molecule has 0 atom stereocenters. The maximum atomic E-state index is 5.96. The summed E-state index contributed by atoms with van der Waals surface area (Å²) >= 11 is 0. The van der Waals surface area contributed by atoms with Gasteiger partial charge in [-0.05, 0) is 44.4 Å². The Morgan fingerprint density at radius 1 is 1.00 bits per heavy atom. The maximum Gasteiger partial charge on any atom is 0.124 e. The first-order valence-electron chi connectivity index (χ1n) is 5.79. The molecule has 1 heterocycles. The Labute approximate surface area is 102 Å². The molecule has 3 heteroatoms. The van der Waals surface area contributed by atoms with Crippen LogP contribution in [0.5, 0.6) is 0 Å². The van der Waals surface area contributed by atoms with Gasteiger partial charge in [0.1, 0.15) is 5.82 Å². The third-order valence-electron chi connectivity index (χ3n) is 3.65. The Kier molecular flexibility index (Phi) is 2.69. The van der Waals surface area contributed by atoms with E-state index in [4.69, 9.17) is 5.73 Å². The Hall–Kier alpha value is -1.77. The smallest absolute Gasteiger partial charge is 0.124 e. The van der Waals surface area contributed by atoms with Crippen molar-refractivity contribution in [2.45, 2.75) is 27.7 Å². The highest BCUT2D eigenvalue weighted by Crippen LogP contribution is 2.30. The van der Waals surface area contributed by atoms with Gasteiger partial charge in [-0.2, -0.15) is 5.10 Å². The van der Waals surface area contributed by atoms with E-state index in [-0.39, 0.29) is 0 Å². The minimum atomic E-state index is 0.734. The topological polar surface area (TPSA) is 43.8 Å². The van der Waals surface area contributed by atoms with Gasteiger partial charge in [0.2, 0.25) is 0 Å². The summed E-state index contributed by atoms with van der Waals surface area (Å²) in [6.45, 7) is 8.44. The van der Waals surface area contributed by atoms with Gasteiger partial charge in [0.05, 0.1) is 5.69 Å². The summed E-state index contributed by atoms with van der Waals surface area (Å²) in [7, 11) is 1.88. The molecule has 1 aromatic heterocycles. The van der Waals surface area contributed by atoms with Gasteiger partial charge in [-0.15, -0.1) is 0 Å². The summed E-state index contributed by atoms with van der Waals surface area (Å²) in [5.41, 5.74) is 13.1. The SMILES string of the molecule is Cc1ccc(-c2nn(C)c(N)c2C)c(C)c1C. The Morgan fingerprint density at radius 2 is 1.65 bits per heavy atom. The first-order chi connectivity index (χ1) is 7.93. The first kappa shape index (κ1) is 11.7. The average Bonchev–Trinajstić information content (AvgIpc) is 2.54. The molecule has 2 aromatic rings. The Bertz CT molecular complexity index is 580. The lowest BCUT2D eigenvalue weighted by molar-refractivity contribution is 0.782. The lowest BCUT2D eigenvalue weighted by Crippen LogP contribution is -1.97. The number of hydrogen-bond acceptors (Lipinski definition) is 2. The molecule has 0 aliphatic heterocycles. The fourth-order valence-electron chi connectivity index (χ4n) is 2.11. The minimum absolute atomic E-state index is 0.734. The number of nitrogens with zero attached hydrogens (tertiary/aromatic N) is 2. The minimum Gasteiger partial charge on any atom is -0.384 e. The average molecular weight is 229 g/mol. The van der Waals surface area contributed by atoms with E-state index in [2.05, 4.69) is 38.0 Å². The molecule has 0 fully saturated rings. The zero-order valence-electron chi connectivity index (χ0n) is 11.1.